The molecule has 3 N–H and O–H groups in total. The largest absolute Gasteiger partial charge is 0.379 e. The normalized spacial score (nSPS) is 15.0. The van der Waals surface area contributed by atoms with Crippen molar-refractivity contribution in [2.24, 2.45) is 10.9 Å². The van der Waals surface area contributed by atoms with Gasteiger partial charge < -0.3 is 14.8 Å². The van der Waals surface area contributed by atoms with E-state index in [-0.39, 0.29) is 47.9 Å². The molecule has 0 radical (unpaired) electrons. The molecule has 0 bridgehead atoms. The van der Waals surface area contributed by atoms with E-state index in [0.29, 0.717) is 31.8 Å². The van der Waals surface area contributed by atoms with Gasteiger partial charge in [0, 0.05) is 38.8 Å². The Labute approximate surface area is 258 Å². The standard InChI is InChI=1S/C28H35N5O7S2.ClH/c1-3-17-38-30-28(29)31-39-24-18-22(2)19-25(20-24)40-42(36,37)27-12-8-7-11-26(27)41(34,35)33-15-13-32(14-16-33)21-23-9-5-4-6-10-23;/h4-12,18-20H,3,13-17,21H2,1-2H3,(H3,29,30,31);1H. The number of oxime groups is 1. The molecule has 0 unspecified atom stereocenters. The predicted octanol–water partition coefficient (Wildman–Crippen LogP) is 3.23. The van der Waals surface area contributed by atoms with Crippen LogP contribution in [0.4, 0.5) is 0 Å². The smallest absolute Gasteiger partial charge is 0.340 e. The first-order chi connectivity index (χ1) is 20.1. The van der Waals surface area contributed by atoms with Crippen molar-refractivity contribution in [1.29, 1.82) is 0 Å². The van der Waals surface area contributed by atoms with Crippen LogP contribution in [0.3, 0.4) is 0 Å². The van der Waals surface area contributed by atoms with Crippen molar-refractivity contribution in [3.05, 3.63) is 83.9 Å². The summed E-state index contributed by atoms with van der Waals surface area (Å²) in [5.74, 6) is -0.0782. The summed E-state index contributed by atoms with van der Waals surface area (Å²) >= 11 is 0. The molecule has 0 spiro atoms. The van der Waals surface area contributed by atoms with Crippen LogP contribution in [0.15, 0.2) is 87.7 Å². The number of hydrogen-bond acceptors (Lipinski definition) is 9. The molecule has 1 fully saturated rings. The quantitative estimate of drug-likeness (QED) is 0.0979. The maximum absolute atomic E-state index is 13.6. The molecule has 3 aromatic rings. The van der Waals surface area contributed by atoms with Gasteiger partial charge in [-0.15, -0.1) is 12.4 Å². The lowest BCUT2D eigenvalue weighted by Crippen LogP contribution is -2.48. The number of hydrogen-bond donors (Lipinski definition) is 2. The molecule has 4 rings (SSSR count). The van der Waals surface area contributed by atoms with E-state index in [1.807, 2.05) is 37.3 Å². The number of piperazine rings is 1. The summed E-state index contributed by atoms with van der Waals surface area (Å²) in [7, 11) is -8.70. The Hall–Kier alpha value is -3.40. The second-order valence-corrected chi connectivity index (χ2v) is 13.1. The van der Waals surface area contributed by atoms with Crippen molar-refractivity contribution in [3.8, 4) is 11.5 Å². The molecule has 0 atom stereocenters. The number of guanidine groups is 1. The summed E-state index contributed by atoms with van der Waals surface area (Å²) < 4.78 is 60.8. The SMILES string of the molecule is CCCONC(N)=NOc1cc(C)cc(OS(=O)(=O)c2ccccc2S(=O)(=O)N2CCN(Cc3ccccc3)CC2)c1.Cl. The van der Waals surface area contributed by atoms with Gasteiger partial charge in [-0.3, -0.25) is 9.74 Å². The predicted molar refractivity (Wildman–Crippen MR) is 165 cm³/mol. The number of nitrogens with zero attached hydrogens (tertiary/aromatic N) is 3. The Kier molecular flexibility index (Phi) is 12.2. The van der Waals surface area contributed by atoms with E-state index in [0.717, 1.165) is 12.0 Å². The van der Waals surface area contributed by atoms with Crippen molar-refractivity contribution in [3.63, 3.8) is 0 Å². The molecule has 15 heteroatoms. The molecule has 1 saturated heterocycles. The first kappa shape index (κ1) is 34.1. The molecule has 3 aromatic carbocycles. The van der Waals surface area contributed by atoms with Crippen molar-refractivity contribution in [1.82, 2.24) is 14.7 Å². The van der Waals surface area contributed by atoms with Crippen LogP contribution in [0.2, 0.25) is 0 Å². The van der Waals surface area contributed by atoms with Crippen LogP contribution in [0.1, 0.15) is 24.5 Å². The highest BCUT2D eigenvalue weighted by molar-refractivity contribution is 7.91. The van der Waals surface area contributed by atoms with Gasteiger partial charge >= 0.3 is 10.1 Å². The molecule has 1 aliphatic rings. The van der Waals surface area contributed by atoms with Gasteiger partial charge in [-0.1, -0.05) is 49.4 Å². The number of benzene rings is 3. The van der Waals surface area contributed by atoms with E-state index in [1.54, 1.807) is 13.0 Å². The summed E-state index contributed by atoms with van der Waals surface area (Å²) in [6.07, 6.45) is 0.768. The van der Waals surface area contributed by atoms with Crippen LogP contribution in [-0.4, -0.2) is 64.8 Å². The number of sulfonamides is 1. The highest BCUT2D eigenvalue weighted by Crippen LogP contribution is 2.30. The molecule has 0 amide bonds. The molecule has 43 heavy (non-hydrogen) atoms. The number of nitrogens with one attached hydrogen (secondary N) is 1. The first-order valence-corrected chi connectivity index (χ1v) is 16.2. The molecule has 1 heterocycles. The monoisotopic (exact) mass is 653 g/mol. The number of aryl methyl sites for hydroxylation is 1. The first-order valence-electron chi connectivity index (χ1n) is 13.4. The summed E-state index contributed by atoms with van der Waals surface area (Å²) in [4.78, 5) is 11.7. The lowest BCUT2D eigenvalue weighted by Gasteiger charge is -2.34. The van der Waals surface area contributed by atoms with Crippen LogP contribution >= 0.6 is 12.4 Å². The Bertz CT molecular complexity index is 1600. The summed E-state index contributed by atoms with van der Waals surface area (Å²) in [5, 5.41) is 3.69. The molecular formula is C28H36ClN5O7S2. The molecule has 0 aromatic heterocycles. The Balaban J connectivity index is 0.00000506. The van der Waals surface area contributed by atoms with E-state index in [1.165, 1.54) is 40.7 Å². The fraction of sp³-hybridized carbons (Fsp3) is 0.321. The van der Waals surface area contributed by atoms with Gasteiger partial charge in [-0.25, -0.2) is 13.9 Å². The fourth-order valence-corrected chi connectivity index (χ4v) is 7.43. The van der Waals surface area contributed by atoms with Crippen LogP contribution < -0.4 is 20.2 Å². The molecule has 234 valence electrons. The van der Waals surface area contributed by atoms with Crippen LogP contribution in [0.25, 0.3) is 0 Å². The van der Waals surface area contributed by atoms with Crippen molar-refractivity contribution in [2.75, 3.05) is 32.8 Å². The maximum atomic E-state index is 13.6. The van der Waals surface area contributed by atoms with E-state index < -0.39 is 25.0 Å². The second kappa shape index (κ2) is 15.4. The van der Waals surface area contributed by atoms with Crippen molar-refractivity contribution < 1.29 is 30.7 Å². The summed E-state index contributed by atoms with van der Waals surface area (Å²) in [5.41, 5.74) is 9.84. The van der Waals surface area contributed by atoms with Crippen LogP contribution in [0, 0.1) is 6.92 Å². The average molecular weight is 654 g/mol. The van der Waals surface area contributed by atoms with Gasteiger partial charge in [-0.05, 0) is 53.9 Å². The minimum Gasteiger partial charge on any atom is -0.379 e. The topological polar surface area (TPSA) is 153 Å². The second-order valence-electron chi connectivity index (χ2n) is 9.65. The Morgan fingerprint density at radius 3 is 2.21 bits per heavy atom. The van der Waals surface area contributed by atoms with Gasteiger partial charge in [-0.2, -0.15) is 12.7 Å². The Morgan fingerprint density at radius 1 is 0.907 bits per heavy atom. The molecule has 0 aliphatic carbocycles. The molecular weight excluding hydrogens is 618 g/mol. The van der Waals surface area contributed by atoms with Gasteiger partial charge in [0.15, 0.2) is 5.75 Å². The molecule has 12 nitrogen and oxygen atoms in total. The zero-order valence-corrected chi connectivity index (χ0v) is 26.3. The van der Waals surface area contributed by atoms with Gasteiger partial charge in [0.2, 0.25) is 10.0 Å². The average Bonchev–Trinajstić information content (AvgIpc) is 2.96. The van der Waals surface area contributed by atoms with E-state index in [4.69, 9.17) is 19.6 Å². The van der Waals surface area contributed by atoms with Gasteiger partial charge in [0.05, 0.1) is 6.61 Å². The van der Waals surface area contributed by atoms with Crippen LogP contribution in [0.5, 0.6) is 11.5 Å². The highest BCUT2D eigenvalue weighted by atomic mass is 35.5. The van der Waals surface area contributed by atoms with Gasteiger partial charge in [0.25, 0.3) is 5.96 Å². The maximum Gasteiger partial charge on any atom is 0.340 e. The zero-order valence-electron chi connectivity index (χ0n) is 23.9. The number of rotatable bonds is 12. The summed E-state index contributed by atoms with van der Waals surface area (Å²) in [6.45, 7) is 6.23. The van der Waals surface area contributed by atoms with Crippen molar-refractivity contribution in [2.45, 2.75) is 36.6 Å². The third-order valence-corrected chi connectivity index (χ3v) is 9.67. The zero-order chi connectivity index (χ0) is 30.2. The van der Waals surface area contributed by atoms with Crippen molar-refractivity contribution >= 4 is 38.5 Å². The van der Waals surface area contributed by atoms with E-state index in [9.17, 15) is 16.8 Å². The number of nitrogens with two attached hydrogens (primary N) is 1. The highest BCUT2D eigenvalue weighted by Gasteiger charge is 2.34. The lowest BCUT2D eigenvalue weighted by molar-refractivity contribution is 0.0824. The third kappa shape index (κ3) is 9.29. The molecule has 1 aliphatic heterocycles. The van der Waals surface area contributed by atoms with Gasteiger partial charge in [0.1, 0.15) is 15.5 Å². The summed E-state index contributed by atoms with van der Waals surface area (Å²) in [6, 6.07) is 19.7. The fourth-order valence-electron chi connectivity index (χ4n) is 4.31. The number of halogens is 1. The van der Waals surface area contributed by atoms with Crippen LogP contribution in [-0.2, 0) is 31.5 Å². The third-order valence-electron chi connectivity index (χ3n) is 6.28. The van der Waals surface area contributed by atoms with E-state index in [2.05, 4.69) is 15.5 Å². The Morgan fingerprint density at radius 2 is 1.53 bits per heavy atom. The minimum atomic E-state index is -4.56. The molecule has 0 saturated carbocycles. The minimum absolute atomic E-state index is 0. The van der Waals surface area contributed by atoms with E-state index >= 15 is 0 Å². The number of hydroxylamine groups is 1. The lowest BCUT2D eigenvalue weighted by atomic mass is 10.2.